The first-order valence-electron chi connectivity index (χ1n) is 6.82. The first-order valence-corrected chi connectivity index (χ1v) is 6.82. The third kappa shape index (κ3) is 1.14. The molecule has 4 atom stereocenters. The van der Waals surface area contributed by atoms with E-state index in [1.807, 2.05) is 0 Å². The van der Waals surface area contributed by atoms with Gasteiger partial charge in [-0.05, 0) is 48.3 Å². The summed E-state index contributed by atoms with van der Waals surface area (Å²) in [5, 5.41) is 13.0. The Hall–Kier alpha value is -0.790. The summed E-state index contributed by atoms with van der Waals surface area (Å²) in [4.78, 5) is 0. The topological polar surface area (TPSA) is 32.6 Å². The molecular formula is C15H23NO. The average Bonchev–Trinajstić information content (AvgIpc) is 2.66. The summed E-state index contributed by atoms with van der Waals surface area (Å²) in [6.45, 7) is 11.3. The molecule has 3 saturated carbocycles. The van der Waals surface area contributed by atoms with Crippen LogP contribution in [0.15, 0.2) is 17.3 Å². The van der Waals surface area contributed by atoms with Crippen LogP contribution in [0.4, 0.5) is 0 Å². The van der Waals surface area contributed by atoms with Crippen molar-refractivity contribution in [1.29, 1.82) is 0 Å². The fraction of sp³-hybridized carbons (Fsp3) is 0.800. The Labute approximate surface area is 104 Å². The second kappa shape index (κ2) is 3.15. The Balaban J connectivity index is 2.15. The minimum absolute atomic E-state index is 0.222. The van der Waals surface area contributed by atoms with Crippen molar-refractivity contribution >= 4 is 5.71 Å². The molecule has 3 aliphatic carbocycles. The predicted molar refractivity (Wildman–Crippen MR) is 69.2 cm³/mol. The molecule has 2 bridgehead atoms. The first-order chi connectivity index (χ1) is 7.93. The van der Waals surface area contributed by atoms with Gasteiger partial charge in [-0.25, -0.2) is 0 Å². The Morgan fingerprint density at radius 2 is 2.12 bits per heavy atom. The third-order valence-corrected chi connectivity index (χ3v) is 6.16. The molecule has 0 aliphatic heterocycles. The van der Waals surface area contributed by atoms with Crippen LogP contribution in [0, 0.1) is 28.6 Å². The maximum absolute atomic E-state index is 9.31. The molecule has 0 aromatic carbocycles. The SMILES string of the molecule is C=C1CCC23CC1C(C)(C)C2/C(=N/O)CC3C. The molecule has 2 heteroatoms. The fourth-order valence-corrected chi connectivity index (χ4v) is 5.41. The van der Waals surface area contributed by atoms with E-state index in [1.165, 1.54) is 24.8 Å². The molecule has 94 valence electrons. The van der Waals surface area contributed by atoms with E-state index in [2.05, 4.69) is 32.5 Å². The lowest BCUT2D eigenvalue weighted by atomic mass is 9.67. The van der Waals surface area contributed by atoms with Crippen LogP contribution in [0.3, 0.4) is 0 Å². The molecule has 0 aromatic rings. The highest BCUT2D eigenvalue weighted by Crippen LogP contribution is 2.71. The number of rotatable bonds is 0. The molecule has 0 saturated heterocycles. The van der Waals surface area contributed by atoms with Gasteiger partial charge < -0.3 is 5.21 Å². The van der Waals surface area contributed by atoms with Crippen molar-refractivity contribution in [3.8, 4) is 0 Å². The van der Waals surface area contributed by atoms with Crippen LogP contribution < -0.4 is 0 Å². The third-order valence-electron chi connectivity index (χ3n) is 6.16. The molecule has 0 aromatic heterocycles. The normalized spacial score (nSPS) is 49.7. The van der Waals surface area contributed by atoms with Gasteiger partial charge in [0.15, 0.2) is 0 Å². The van der Waals surface area contributed by atoms with E-state index in [9.17, 15) is 5.21 Å². The van der Waals surface area contributed by atoms with E-state index < -0.39 is 0 Å². The van der Waals surface area contributed by atoms with Gasteiger partial charge in [0.25, 0.3) is 0 Å². The summed E-state index contributed by atoms with van der Waals surface area (Å²) < 4.78 is 0. The number of allylic oxidation sites excluding steroid dienone is 1. The molecule has 2 nitrogen and oxygen atoms in total. The van der Waals surface area contributed by atoms with E-state index in [4.69, 9.17) is 0 Å². The van der Waals surface area contributed by atoms with Crippen LogP contribution in [0.1, 0.15) is 46.5 Å². The maximum atomic E-state index is 9.31. The molecule has 17 heavy (non-hydrogen) atoms. The number of fused-ring (bicyclic) bond motifs is 1. The number of nitrogens with zero attached hydrogens (tertiary/aromatic N) is 1. The van der Waals surface area contributed by atoms with Gasteiger partial charge in [0.05, 0.1) is 5.71 Å². The van der Waals surface area contributed by atoms with Gasteiger partial charge in [0.2, 0.25) is 0 Å². The van der Waals surface area contributed by atoms with E-state index >= 15 is 0 Å². The maximum Gasteiger partial charge on any atom is 0.0615 e. The zero-order valence-corrected chi connectivity index (χ0v) is 11.2. The minimum atomic E-state index is 0.222. The van der Waals surface area contributed by atoms with Crippen molar-refractivity contribution in [2.45, 2.75) is 46.5 Å². The van der Waals surface area contributed by atoms with E-state index in [-0.39, 0.29) is 5.41 Å². The van der Waals surface area contributed by atoms with Gasteiger partial charge in [-0.1, -0.05) is 38.1 Å². The van der Waals surface area contributed by atoms with Crippen molar-refractivity contribution < 1.29 is 5.21 Å². The quantitative estimate of drug-likeness (QED) is 0.384. The first kappa shape index (κ1) is 11.3. The summed E-state index contributed by atoms with van der Waals surface area (Å²) in [5.74, 6) is 1.76. The lowest BCUT2D eigenvalue weighted by Gasteiger charge is -2.37. The van der Waals surface area contributed by atoms with Crippen LogP contribution in [-0.2, 0) is 0 Å². The Morgan fingerprint density at radius 1 is 1.41 bits per heavy atom. The molecule has 1 N–H and O–H groups in total. The van der Waals surface area contributed by atoms with Crippen molar-refractivity contribution in [3.63, 3.8) is 0 Å². The van der Waals surface area contributed by atoms with Crippen molar-refractivity contribution in [2.24, 2.45) is 33.7 Å². The molecule has 0 radical (unpaired) electrons. The standard InChI is InChI=1S/C15H23NO/c1-9-5-6-15-8-11(9)14(3,4)13(15)12(16-17)7-10(15)2/h10-11,13,17H,1,5-8H2,2-4H3/b16-12+. The van der Waals surface area contributed by atoms with E-state index in [0.717, 1.165) is 12.1 Å². The zero-order valence-electron chi connectivity index (χ0n) is 11.2. The second-order valence-corrected chi connectivity index (χ2v) is 7.10. The summed E-state index contributed by atoms with van der Waals surface area (Å²) in [5.41, 5.74) is 3.11. The summed E-state index contributed by atoms with van der Waals surface area (Å²) in [7, 11) is 0. The molecule has 3 aliphatic rings. The second-order valence-electron chi connectivity index (χ2n) is 7.10. The molecule has 1 spiro atoms. The van der Waals surface area contributed by atoms with Crippen LogP contribution >= 0.6 is 0 Å². The summed E-state index contributed by atoms with van der Waals surface area (Å²) in [6, 6.07) is 0. The van der Waals surface area contributed by atoms with E-state index in [0.29, 0.717) is 23.2 Å². The van der Waals surface area contributed by atoms with Crippen LogP contribution in [0.2, 0.25) is 0 Å². The predicted octanol–water partition coefficient (Wildman–Crippen LogP) is 3.86. The Bertz CT molecular complexity index is 409. The van der Waals surface area contributed by atoms with Crippen molar-refractivity contribution in [3.05, 3.63) is 12.2 Å². The minimum Gasteiger partial charge on any atom is -0.411 e. The molecule has 0 heterocycles. The van der Waals surface area contributed by atoms with Crippen LogP contribution in [0.5, 0.6) is 0 Å². The van der Waals surface area contributed by atoms with Crippen molar-refractivity contribution in [1.82, 2.24) is 0 Å². The lowest BCUT2D eigenvalue weighted by Crippen LogP contribution is -2.33. The lowest BCUT2D eigenvalue weighted by molar-refractivity contribution is 0.136. The molecule has 4 unspecified atom stereocenters. The van der Waals surface area contributed by atoms with Gasteiger partial charge in [0, 0.05) is 5.92 Å². The highest BCUT2D eigenvalue weighted by Gasteiger charge is 2.66. The molecule has 3 rings (SSSR count). The molecular weight excluding hydrogens is 210 g/mol. The highest BCUT2D eigenvalue weighted by molar-refractivity contribution is 5.91. The monoisotopic (exact) mass is 233 g/mol. The molecule has 3 fully saturated rings. The largest absolute Gasteiger partial charge is 0.411 e. The number of hydrogen-bond acceptors (Lipinski definition) is 2. The Kier molecular flexibility index (Phi) is 2.10. The summed E-state index contributed by atoms with van der Waals surface area (Å²) in [6.07, 6.45) is 4.68. The molecule has 0 amide bonds. The zero-order chi connectivity index (χ0) is 12.4. The Morgan fingerprint density at radius 3 is 2.76 bits per heavy atom. The van der Waals surface area contributed by atoms with Gasteiger partial charge >= 0.3 is 0 Å². The van der Waals surface area contributed by atoms with Crippen LogP contribution in [0.25, 0.3) is 0 Å². The number of hydrogen-bond donors (Lipinski definition) is 1. The van der Waals surface area contributed by atoms with Gasteiger partial charge in [-0.3, -0.25) is 0 Å². The van der Waals surface area contributed by atoms with Crippen molar-refractivity contribution in [2.75, 3.05) is 0 Å². The average molecular weight is 233 g/mol. The van der Waals surface area contributed by atoms with E-state index in [1.54, 1.807) is 0 Å². The van der Waals surface area contributed by atoms with Gasteiger partial charge in [0.1, 0.15) is 0 Å². The fourth-order valence-electron chi connectivity index (χ4n) is 5.41. The van der Waals surface area contributed by atoms with Gasteiger partial charge in [-0.15, -0.1) is 0 Å². The van der Waals surface area contributed by atoms with Gasteiger partial charge in [-0.2, -0.15) is 0 Å². The number of oxime groups is 1. The summed E-state index contributed by atoms with van der Waals surface area (Å²) >= 11 is 0. The highest BCUT2D eigenvalue weighted by atomic mass is 16.4. The smallest absolute Gasteiger partial charge is 0.0615 e. The van der Waals surface area contributed by atoms with Crippen LogP contribution in [-0.4, -0.2) is 10.9 Å².